The lowest BCUT2D eigenvalue weighted by atomic mass is 10.1. The molecule has 41 heavy (non-hydrogen) atoms. The van der Waals surface area contributed by atoms with Crippen molar-refractivity contribution in [2.24, 2.45) is 5.92 Å². The van der Waals surface area contributed by atoms with Gasteiger partial charge in [0.1, 0.15) is 46.4 Å². The quantitative estimate of drug-likeness (QED) is 0.279. The Hall–Kier alpha value is -4.26. The predicted molar refractivity (Wildman–Crippen MR) is 157 cm³/mol. The van der Waals surface area contributed by atoms with Crippen molar-refractivity contribution in [3.05, 3.63) is 47.3 Å². The third-order valence-corrected chi connectivity index (χ3v) is 7.71. The summed E-state index contributed by atoms with van der Waals surface area (Å²) in [6.45, 7) is 5.28. The van der Waals surface area contributed by atoms with Crippen LogP contribution in [0.2, 0.25) is 0 Å². The minimum absolute atomic E-state index is 0.0194. The minimum atomic E-state index is -0.661. The largest absolute Gasteiger partial charge is 0.444 e. The molecule has 13 heteroatoms. The molecule has 1 aliphatic carbocycles. The van der Waals surface area contributed by atoms with E-state index in [4.69, 9.17) is 10.5 Å². The number of nitrogens with zero attached hydrogens (tertiary/aromatic N) is 5. The molecule has 1 saturated heterocycles. The molecule has 0 spiro atoms. The van der Waals surface area contributed by atoms with Gasteiger partial charge in [0, 0.05) is 17.1 Å². The second-order valence-electron chi connectivity index (χ2n) is 11.4. The Morgan fingerprint density at radius 2 is 1.93 bits per heavy atom. The van der Waals surface area contributed by atoms with E-state index in [1.54, 1.807) is 66.6 Å². The molecular formula is C28H29BrN8O4. The van der Waals surface area contributed by atoms with Crippen LogP contribution in [0.4, 0.5) is 22.1 Å². The van der Waals surface area contributed by atoms with Crippen LogP contribution in [0.1, 0.15) is 33.6 Å². The predicted octanol–water partition coefficient (Wildman–Crippen LogP) is 4.30. The lowest BCUT2D eigenvalue weighted by Crippen LogP contribution is -2.46. The number of pyridine rings is 1. The van der Waals surface area contributed by atoms with Crippen LogP contribution in [0.15, 0.2) is 47.3 Å². The SMILES string of the molecule is CC(C)(C)OC(=O)Nc1ccc2c3c(N)ncnc3n(CC(=O)N3[C@@H]4C[C@@H]4C[C@H]3C(=O)Nc3cccc(Br)n3)c2c1. The summed E-state index contributed by atoms with van der Waals surface area (Å²) in [7, 11) is 0. The van der Waals surface area contributed by atoms with E-state index in [0.29, 0.717) is 45.0 Å². The van der Waals surface area contributed by atoms with E-state index in [1.807, 2.05) is 0 Å². The second-order valence-corrected chi connectivity index (χ2v) is 12.2. The van der Waals surface area contributed by atoms with Crippen molar-refractivity contribution >= 4 is 73.1 Å². The number of nitrogens with one attached hydrogen (secondary N) is 2. The zero-order chi connectivity index (χ0) is 29.1. The van der Waals surface area contributed by atoms with Gasteiger partial charge in [0.25, 0.3) is 0 Å². The van der Waals surface area contributed by atoms with Crippen molar-refractivity contribution in [2.45, 2.75) is 57.8 Å². The first-order chi connectivity index (χ1) is 19.5. The number of amides is 3. The number of ether oxygens (including phenoxy) is 1. The third kappa shape index (κ3) is 5.29. The number of hydrogen-bond donors (Lipinski definition) is 3. The zero-order valence-electron chi connectivity index (χ0n) is 22.7. The number of benzene rings is 1. The van der Waals surface area contributed by atoms with E-state index >= 15 is 0 Å². The number of rotatable bonds is 5. The monoisotopic (exact) mass is 620 g/mol. The molecular weight excluding hydrogens is 592 g/mol. The number of piperidine rings is 1. The molecule has 1 aliphatic heterocycles. The molecule has 3 atom stereocenters. The van der Waals surface area contributed by atoms with Crippen molar-refractivity contribution in [3.63, 3.8) is 0 Å². The molecule has 4 aromatic rings. The molecule has 1 saturated carbocycles. The average molecular weight is 621 g/mol. The highest BCUT2D eigenvalue weighted by molar-refractivity contribution is 9.10. The summed E-state index contributed by atoms with van der Waals surface area (Å²) in [5.41, 5.74) is 7.19. The first-order valence-electron chi connectivity index (χ1n) is 13.3. The molecule has 0 radical (unpaired) electrons. The molecule has 4 N–H and O–H groups in total. The third-order valence-electron chi connectivity index (χ3n) is 7.27. The van der Waals surface area contributed by atoms with Gasteiger partial charge in [-0.05, 0) is 85.8 Å². The lowest BCUT2D eigenvalue weighted by molar-refractivity contribution is -0.138. The molecule has 0 bridgehead atoms. The van der Waals surface area contributed by atoms with E-state index in [0.717, 1.165) is 11.8 Å². The standard InChI is InChI=1S/C28H29BrN8O4/c1-28(2,3)41-27(40)33-15-7-8-16-18(11-15)36(25-23(16)24(30)31-13-32-25)12-22(38)37-17-9-14(17)10-19(37)26(39)35-21-6-4-5-20(29)34-21/h4-8,11,13-14,17,19H,9-10,12H2,1-3H3,(H,33,40)(H2,30,31,32)(H,34,35,39)/t14-,17-,19+/m1/s1. The Balaban J connectivity index is 1.31. The van der Waals surface area contributed by atoms with Gasteiger partial charge < -0.3 is 25.3 Å². The van der Waals surface area contributed by atoms with E-state index in [-0.39, 0.29) is 30.2 Å². The van der Waals surface area contributed by atoms with Gasteiger partial charge in [-0.2, -0.15) is 0 Å². The maximum atomic E-state index is 13.9. The molecule has 1 aromatic carbocycles. The van der Waals surface area contributed by atoms with Gasteiger partial charge >= 0.3 is 6.09 Å². The Kier molecular flexibility index (Phi) is 6.56. The van der Waals surface area contributed by atoms with E-state index in [9.17, 15) is 14.4 Å². The molecule has 3 amide bonds. The fourth-order valence-corrected chi connectivity index (χ4v) is 5.89. The highest BCUT2D eigenvalue weighted by atomic mass is 79.9. The molecule has 212 valence electrons. The number of fused-ring (bicyclic) bond motifs is 4. The van der Waals surface area contributed by atoms with Gasteiger partial charge in [0.15, 0.2) is 0 Å². The number of hydrogen-bond acceptors (Lipinski definition) is 8. The molecule has 12 nitrogen and oxygen atoms in total. The summed E-state index contributed by atoms with van der Waals surface area (Å²) < 4.78 is 7.75. The summed E-state index contributed by atoms with van der Waals surface area (Å²) in [4.78, 5) is 54.2. The molecule has 2 fully saturated rings. The molecule has 0 unspecified atom stereocenters. The number of anilines is 3. The Labute approximate surface area is 243 Å². The zero-order valence-corrected chi connectivity index (χ0v) is 24.3. The van der Waals surface area contributed by atoms with Crippen LogP contribution in [0.25, 0.3) is 21.9 Å². The number of likely N-dealkylation sites (tertiary alicyclic amines) is 1. The smallest absolute Gasteiger partial charge is 0.412 e. The number of nitrogens with two attached hydrogens (primary N) is 1. The van der Waals surface area contributed by atoms with Gasteiger partial charge in [-0.15, -0.1) is 0 Å². The van der Waals surface area contributed by atoms with Crippen LogP contribution in [-0.4, -0.2) is 60.0 Å². The number of nitrogen functional groups attached to an aromatic ring is 1. The highest BCUT2D eigenvalue weighted by Crippen LogP contribution is 2.48. The van der Waals surface area contributed by atoms with Crippen LogP contribution >= 0.6 is 15.9 Å². The van der Waals surface area contributed by atoms with Gasteiger partial charge in [0.05, 0.1) is 10.9 Å². The summed E-state index contributed by atoms with van der Waals surface area (Å²) in [5.74, 6) is 0.511. The first kappa shape index (κ1) is 26.9. The Morgan fingerprint density at radius 3 is 2.68 bits per heavy atom. The lowest BCUT2D eigenvalue weighted by Gasteiger charge is -2.27. The Bertz CT molecular complexity index is 1710. The van der Waals surface area contributed by atoms with Crippen LogP contribution in [0.3, 0.4) is 0 Å². The summed E-state index contributed by atoms with van der Waals surface area (Å²) >= 11 is 3.32. The normalized spacial score (nSPS) is 19.7. The van der Waals surface area contributed by atoms with Crippen molar-refractivity contribution in [1.29, 1.82) is 0 Å². The second kappa shape index (κ2) is 9.98. The first-order valence-corrected chi connectivity index (χ1v) is 14.0. The van der Waals surface area contributed by atoms with Crippen molar-refractivity contribution in [1.82, 2.24) is 24.4 Å². The number of carbonyl (C=O) groups excluding carboxylic acids is 3. The average Bonchev–Trinajstić information content (AvgIpc) is 3.43. The van der Waals surface area contributed by atoms with Gasteiger partial charge in [0.2, 0.25) is 11.8 Å². The van der Waals surface area contributed by atoms with E-state index < -0.39 is 17.7 Å². The molecule has 3 aromatic heterocycles. The van der Waals surface area contributed by atoms with Crippen molar-refractivity contribution < 1.29 is 19.1 Å². The van der Waals surface area contributed by atoms with Crippen LogP contribution in [-0.2, 0) is 20.9 Å². The van der Waals surface area contributed by atoms with Gasteiger partial charge in [-0.25, -0.2) is 19.7 Å². The van der Waals surface area contributed by atoms with Crippen LogP contribution in [0.5, 0.6) is 0 Å². The fraction of sp³-hybridized carbons (Fsp3) is 0.357. The van der Waals surface area contributed by atoms with Gasteiger partial charge in [-0.1, -0.05) is 6.07 Å². The summed E-state index contributed by atoms with van der Waals surface area (Å²) in [6, 6.07) is 9.96. The number of halogens is 1. The topological polar surface area (TPSA) is 157 Å². The fourth-order valence-electron chi connectivity index (χ4n) is 5.55. The maximum Gasteiger partial charge on any atom is 0.412 e. The van der Waals surface area contributed by atoms with Crippen molar-refractivity contribution in [3.8, 4) is 0 Å². The number of carbonyl (C=O) groups is 3. The Morgan fingerprint density at radius 1 is 1.12 bits per heavy atom. The van der Waals surface area contributed by atoms with Crippen molar-refractivity contribution in [2.75, 3.05) is 16.4 Å². The van der Waals surface area contributed by atoms with Gasteiger partial charge in [-0.3, -0.25) is 14.9 Å². The molecule has 2 aliphatic rings. The molecule has 6 rings (SSSR count). The summed E-state index contributed by atoms with van der Waals surface area (Å²) in [5, 5.41) is 6.95. The maximum absolute atomic E-state index is 13.9. The van der Waals surface area contributed by atoms with E-state index in [2.05, 4.69) is 41.5 Å². The summed E-state index contributed by atoms with van der Waals surface area (Å²) in [6.07, 6.45) is 2.23. The highest BCUT2D eigenvalue weighted by Gasteiger charge is 2.56. The molecule has 4 heterocycles. The minimum Gasteiger partial charge on any atom is -0.444 e. The number of aromatic nitrogens is 4. The van der Waals surface area contributed by atoms with Crippen LogP contribution in [0, 0.1) is 5.92 Å². The van der Waals surface area contributed by atoms with E-state index in [1.165, 1.54) is 6.33 Å². The van der Waals surface area contributed by atoms with Crippen LogP contribution < -0.4 is 16.4 Å².